The first-order valence-electron chi connectivity index (χ1n) is 6.65. The van der Waals surface area contributed by atoms with Crippen molar-refractivity contribution in [1.82, 2.24) is 4.98 Å². The van der Waals surface area contributed by atoms with Crippen molar-refractivity contribution in [1.29, 1.82) is 0 Å². The molecule has 5 heteroatoms. The summed E-state index contributed by atoms with van der Waals surface area (Å²) < 4.78 is 5.14. The first-order valence-corrected chi connectivity index (χ1v) is 7.46. The lowest BCUT2D eigenvalue weighted by Gasteiger charge is -2.15. The van der Waals surface area contributed by atoms with Crippen LogP contribution in [-0.4, -0.2) is 30.3 Å². The van der Waals surface area contributed by atoms with E-state index in [1.807, 2.05) is 0 Å². The average Bonchev–Trinajstić information content (AvgIpc) is 3.00. The van der Waals surface area contributed by atoms with Crippen LogP contribution in [-0.2, 0) is 18.0 Å². The number of hydrogen-bond acceptors (Lipinski definition) is 5. The van der Waals surface area contributed by atoms with Gasteiger partial charge in [-0.05, 0) is 24.7 Å². The summed E-state index contributed by atoms with van der Waals surface area (Å²) in [6.07, 6.45) is 4.16. The predicted octanol–water partition coefficient (Wildman–Crippen LogP) is 2.02. The molecule has 0 amide bonds. The van der Waals surface area contributed by atoms with Crippen LogP contribution in [0.1, 0.15) is 29.8 Å². The van der Waals surface area contributed by atoms with E-state index in [1.54, 1.807) is 18.4 Å². The minimum atomic E-state index is 0.0665. The lowest BCUT2D eigenvalue weighted by Crippen LogP contribution is -2.20. The van der Waals surface area contributed by atoms with E-state index in [0.29, 0.717) is 6.61 Å². The molecule has 3 rings (SSSR count). The second-order valence-corrected chi connectivity index (χ2v) is 6.38. The van der Waals surface area contributed by atoms with Crippen LogP contribution in [0.2, 0.25) is 0 Å². The van der Waals surface area contributed by atoms with Crippen molar-refractivity contribution < 1.29 is 9.84 Å². The lowest BCUT2D eigenvalue weighted by molar-refractivity contribution is 0.179. The highest BCUT2D eigenvalue weighted by atomic mass is 32.1. The Morgan fingerprint density at radius 3 is 2.72 bits per heavy atom. The van der Waals surface area contributed by atoms with Gasteiger partial charge in [0, 0.05) is 20.2 Å². The molecule has 2 atom stereocenters. The van der Waals surface area contributed by atoms with Gasteiger partial charge in [-0.1, -0.05) is 17.8 Å². The molecule has 1 saturated heterocycles. The number of aromatic nitrogens is 1. The highest BCUT2D eigenvalue weighted by Gasteiger charge is 2.37. The normalized spacial score (nSPS) is 26.9. The molecule has 100 valence electrons. The zero-order valence-electron chi connectivity index (χ0n) is 10.8. The molecule has 2 heterocycles. The van der Waals surface area contributed by atoms with Crippen LogP contribution in [0.3, 0.4) is 0 Å². The Morgan fingerprint density at radius 1 is 1.39 bits per heavy atom. The fraction of sp³-hybridized carbons (Fsp3) is 0.769. The Balaban J connectivity index is 1.76. The molecule has 18 heavy (non-hydrogen) atoms. The number of aliphatic hydroxyl groups excluding tert-OH is 1. The topological polar surface area (TPSA) is 45.6 Å². The van der Waals surface area contributed by atoms with E-state index in [9.17, 15) is 5.11 Å². The van der Waals surface area contributed by atoms with Crippen molar-refractivity contribution in [2.45, 2.75) is 32.5 Å². The van der Waals surface area contributed by atoms with Crippen LogP contribution >= 0.6 is 11.3 Å². The second kappa shape index (κ2) is 5.15. The Labute approximate surface area is 112 Å². The Bertz CT molecular complexity index is 409. The zero-order chi connectivity index (χ0) is 12.5. The van der Waals surface area contributed by atoms with Crippen molar-refractivity contribution in [2.24, 2.45) is 11.8 Å². The maximum absolute atomic E-state index is 9.36. The minimum absolute atomic E-state index is 0.0665. The van der Waals surface area contributed by atoms with E-state index >= 15 is 0 Å². The maximum atomic E-state index is 9.36. The highest BCUT2D eigenvalue weighted by molar-refractivity contribution is 7.15. The van der Waals surface area contributed by atoms with Gasteiger partial charge >= 0.3 is 0 Å². The molecule has 0 aromatic carbocycles. The molecule has 1 aliphatic carbocycles. The van der Waals surface area contributed by atoms with Gasteiger partial charge in [-0.25, -0.2) is 4.98 Å². The number of aliphatic hydroxyl groups is 1. The summed E-state index contributed by atoms with van der Waals surface area (Å²) in [6, 6.07) is 0. The molecule has 2 aliphatic rings. The third-order valence-corrected chi connectivity index (χ3v) is 5.33. The standard InChI is InChI=1S/C13H20N2O2S/c1-17-8-11-12(7-16)18-13(14-11)15-5-9-3-2-4-10(9)6-15/h9-10,16H,2-8H2,1H3. The van der Waals surface area contributed by atoms with Gasteiger partial charge in [0.25, 0.3) is 0 Å². The molecule has 1 N–H and O–H groups in total. The largest absolute Gasteiger partial charge is 0.391 e. The summed E-state index contributed by atoms with van der Waals surface area (Å²) in [5, 5.41) is 10.4. The van der Waals surface area contributed by atoms with E-state index in [-0.39, 0.29) is 6.61 Å². The molecule has 2 fully saturated rings. The highest BCUT2D eigenvalue weighted by Crippen LogP contribution is 2.40. The van der Waals surface area contributed by atoms with Gasteiger partial charge < -0.3 is 14.7 Å². The number of rotatable bonds is 4. The first-order chi connectivity index (χ1) is 8.81. The smallest absolute Gasteiger partial charge is 0.185 e. The molecular weight excluding hydrogens is 248 g/mol. The van der Waals surface area contributed by atoms with Crippen LogP contribution in [0.25, 0.3) is 0 Å². The van der Waals surface area contributed by atoms with Gasteiger partial charge in [0.1, 0.15) is 0 Å². The fourth-order valence-corrected chi connectivity index (χ4v) is 4.21. The number of hydrogen-bond donors (Lipinski definition) is 1. The van der Waals surface area contributed by atoms with Crippen LogP contribution in [0, 0.1) is 11.8 Å². The predicted molar refractivity (Wildman–Crippen MR) is 71.8 cm³/mol. The van der Waals surface area contributed by atoms with E-state index < -0.39 is 0 Å². The number of fused-ring (bicyclic) bond motifs is 1. The Hall–Kier alpha value is -0.650. The second-order valence-electron chi connectivity index (χ2n) is 5.31. The van der Waals surface area contributed by atoms with E-state index in [4.69, 9.17) is 4.74 Å². The summed E-state index contributed by atoms with van der Waals surface area (Å²) in [5.41, 5.74) is 0.900. The van der Waals surface area contributed by atoms with Crippen molar-refractivity contribution >= 4 is 16.5 Å². The first kappa shape index (κ1) is 12.4. The number of methoxy groups -OCH3 is 1. The molecule has 4 nitrogen and oxygen atoms in total. The number of ether oxygens (including phenoxy) is 1. The lowest BCUT2D eigenvalue weighted by atomic mass is 10.0. The van der Waals surface area contributed by atoms with E-state index in [0.717, 1.165) is 40.6 Å². The van der Waals surface area contributed by atoms with Gasteiger partial charge in [0.2, 0.25) is 0 Å². The summed E-state index contributed by atoms with van der Waals surface area (Å²) in [4.78, 5) is 7.99. The molecule has 0 bridgehead atoms. The van der Waals surface area contributed by atoms with Crippen LogP contribution in [0.4, 0.5) is 5.13 Å². The average molecular weight is 268 g/mol. The van der Waals surface area contributed by atoms with Crippen molar-refractivity contribution in [2.75, 3.05) is 25.1 Å². The van der Waals surface area contributed by atoms with Gasteiger partial charge in [-0.15, -0.1) is 0 Å². The third kappa shape index (κ3) is 2.15. The zero-order valence-corrected chi connectivity index (χ0v) is 11.6. The molecule has 1 aliphatic heterocycles. The summed E-state index contributed by atoms with van der Waals surface area (Å²) in [6.45, 7) is 2.86. The van der Waals surface area contributed by atoms with Crippen molar-refractivity contribution in [3.05, 3.63) is 10.6 Å². The summed E-state index contributed by atoms with van der Waals surface area (Å²) in [7, 11) is 1.67. The van der Waals surface area contributed by atoms with Crippen LogP contribution in [0.5, 0.6) is 0 Å². The van der Waals surface area contributed by atoms with Crippen LogP contribution < -0.4 is 4.90 Å². The molecule has 1 saturated carbocycles. The molecule has 2 unspecified atom stereocenters. The SMILES string of the molecule is COCc1nc(N2CC3CCCC3C2)sc1CO. The van der Waals surface area contributed by atoms with Crippen molar-refractivity contribution in [3.8, 4) is 0 Å². The monoisotopic (exact) mass is 268 g/mol. The Morgan fingerprint density at radius 2 is 2.11 bits per heavy atom. The number of nitrogens with zero attached hydrogens (tertiary/aromatic N) is 2. The van der Waals surface area contributed by atoms with Crippen molar-refractivity contribution in [3.63, 3.8) is 0 Å². The molecule has 0 spiro atoms. The van der Waals surface area contributed by atoms with E-state index in [1.165, 1.54) is 19.3 Å². The number of thiazole rings is 1. The van der Waals surface area contributed by atoms with Gasteiger partial charge in [0.15, 0.2) is 5.13 Å². The molecule has 0 radical (unpaired) electrons. The van der Waals surface area contributed by atoms with Gasteiger partial charge in [0.05, 0.1) is 23.8 Å². The molecular formula is C13H20N2O2S. The van der Waals surface area contributed by atoms with Crippen LogP contribution in [0.15, 0.2) is 0 Å². The third-order valence-electron chi connectivity index (χ3n) is 4.19. The fourth-order valence-electron chi connectivity index (χ4n) is 3.27. The molecule has 1 aromatic heterocycles. The van der Waals surface area contributed by atoms with E-state index in [2.05, 4.69) is 9.88 Å². The van der Waals surface area contributed by atoms with Gasteiger partial charge in [-0.2, -0.15) is 0 Å². The van der Waals surface area contributed by atoms with Gasteiger partial charge in [-0.3, -0.25) is 0 Å². The summed E-state index contributed by atoms with van der Waals surface area (Å²) >= 11 is 1.62. The quantitative estimate of drug-likeness (QED) is 0.907. The Kier molecular flexibility index (Phi) is 3.54. The maximum Gasteiger partial charge on any atom is 0.185 e. The minimum Gasteiger partial charge on any atom is -0.391 e. The number of anilines is 1. The molecule has 1 aromatic rings. The summed E-state index contributed by atoms with van der Waals surface area (Å²) in [5.74, 6) is 1.75.